The summed E-state index contributed by atoms with van der Waals surface area (Å²) in [7, 11) is 2.23. The Balaban J connectivity index is 1.74. The molecule has 1 N–H and O–H groups in total. The van der Waals surface area contributed by atoms with Gasteiger partial charge in [-0.25, -0.2) is 0 Å². The Morgan fingerprint density at radius 3 is 2.76 bits per heavy atom. The maximum atomic E-state index is 5.81. The average molecular weight is 290 g/mol. The van der Waals surface area contributed by atoms with E-state index in [4.69, 9.17) is 9.47 Å². The molecule has 0 spiro atoms. The predicted octanol–water partition coefficient (Wildman–Crippen LogP) is 2.59. The molecule has 2 aliphatic rings. The van der Waals surface area contributed by atoms with Crippen LogP contribution in [0.25, 0.3) is 0 Å². The minimum atomic E-state index is 0.382. The third-order valence-electron chi connectivity index (χ3n) is 4.71. The Morgan fingerprint density at radius 1 is 1.19 bits per heavy atom. The van der Waals surface area contributed by atoms with Gasteiger partial charge < -0.3 is 14.8 Å². The van der Waals surface area contributed by atoms with Gasteiger partial charge in [-0.15, -0.1) is 0 Å². The van der Waals surface area contributed by atoms with Crippen LogP contribution in [0.4, 0.5) is 0 Å². The largest absolute Gasteiger partial charge is 0.490 e. The van der Waals surface area contributed by atoms with Crippen LogP contribution in [0.3, 0.4) is 0 Å². The highest BCUT2D eigenvalue weighted by Gasteiger charge is 2.23. The van der Waals surface area contributed by atoms with E-state index in [2.05, 4.69) is 42.4 Å². The second-order valence-electron chi connectivity index (χ2n) is 6.10. The van der Waals surface area contributed by atoms with E-state index in [1.165, 1.54) is 18.4 Å². The quantitative estimate of drug-likeness (QED) is 0.928. The summed E-state index contributed by atoms with van der Waals surface area (Å²) in [5, 5.41) is 3.49. The summed E-state index contributed by atoms with van der Waals surface area (Å²) in [5.41, 5.74) is 1.30. The third-order valence-corrected chi connectivity index (χ3v) is 4.71. The van der Waals surface area contributed by atoms with Crippen LogP contribution in [-0.2, 0) is 0 Å². The SMILES string of the molecule is CC(c1ccc2c(c1)OCCCO2)N(C)C1CCCNC1. The summed E-state index contributed by atoms with van der Waals surface area (Å²) < 4.78 is 11.5. The molecule has 116 valence electrons. The van der Waals surface area contributed by atoms with Crippen molar-refractivity contribution in [3.05, 3.63) is 23.8 Å². The zero-order valence-corrected chi connectivity index (χ0v) is 13.1. The van der Waals surface area contributed by atoms with E-state index in [0.717, 1.165) is 44.2 Å². The van der Waals surface area contributed by atoms with E-state index in [1.807, 2.05) is 0 Å². The number of hydrogen-bond acceptors (Lipinski definition) is 4. The van der Waals surface area contributed by atoms with Crippen molar-refractivity contribution in [3.8, 4) is 11.5 Å². The van der Waals surface area contributed by atoms with Crippen molar-refractivity contribution in [2.45, 2.75) is 38.3 Å². The van der Waals surface area contributed by atoms with Crippen LogP contribution >= 0.6 is 0 Å². The van der Waals surface area contributed by atoms with Crippen LogP contribution in [-0.4, -0.2) is 44.3 Å². The van der Waals surface area contributed by atoms with Gasteiger partial charge in [-0.3, -0.25) is 4.90 Å². The van der Waals surface area contributed by atoms with E-state index in [9.17, 15) is 0 Å². The molecule has 2 unspecified atom stereocenters. The van der Waals surface area contributed by atoms with Gasteiger partial charge in [-0.1, -0.05) is 6.07 Å². The van der Waals surface area contributed by atoms with Crippen molar-refractivity contribution in [2.75, 3.05) is 33.4 Å². The van der Waals surface area contributed by atoms with E-state index >= 15 is 0 Å². The first-order valence-corrected chi connectivity index (χ1v) is 8.08. The molecule has 1 aromatic carbocycles. The van der Waals surface area contributed by atoms with E-state index in [-0.39, 0.29) is 0 Å². The second kappa shape index (κ2) is 6.67. The third kappa shape index (κ3) is 3.33. The Hall–Kier alpha value is -1.26. The lowest BCUT2D eigenvalue weighted by molar-refractivity contribution is 0.156. The molecule has 4 heteroatoms. The molecule has 0 radical (unpaired) electrons. The fourth-order valence-corrected chi connectivity index (χ4v) is 3.17. The maximum absolute atomic E-state index is 5.81. The molecule has 3 rings (SSSR count). The lowest BCUT2D eigenvalue weighted by Crippen LogP contribution is -2.45. The average Bonchev–Trinajstić information content (AvgIpc) is 2.79. The molecule has 2 atom stereocenters. The molecule has 2 aliphatic heterocycles. The van der Waals surface area contributed by atoms with E-state index < -0.39 is 0 Å². The lowest BCUT2D eigenvalue weighted by Gasteiger charge is -2.36. The first-order chi connectivity index (χ1) is 10.3. The Kier molecular flexibility index (Phi) is 4.66. The number of hydrogen-bond donors (Lipinski definition) is 1. The molecule has 1 aromatic rings. The summed E-state index contributed by atoms with van der Waals surface area (Å²) in [6.45, 7) is 6.00. The summed E-state index contributed by atoms with van der Waals surface area (Å²) in [6.07, 6.45) is 3.49. The zero-order valence-electron chi connectivity index (χ0n) is 13.1. The normalized spacial score (nSPS) is 23.7. The van der Waals surface area contributed by atoms with Crippen molar-refractivity contribution in [1.29, 1.82) is 0 Å². The molecule has 1 fully saturated rings. The molecular formula is C17H26N2O2. The van der Waals surface area contributed by atoms with Crippen molar-refractivity contribution in [3.63, 3.8) is 0 Å². The van der Waals surface area contributed by atoms with Crippen LogP contribution in [0.5, 0.6) is 11.5 Å². The molecule has 0 aliphatic carbocycles. The Bertz CT molecular complexity index is 472. The molecule has 21 heavy (non-hydrogen) atoms. The molecule has 0 amide bonds. The number of piperidine rings is 1. The van der Waals surface area contributed by atoms with Crippen molar-refractivity contribution in [1.82, 2.24) is 10.2 Å². The van der Waals surface area contributed by atoms with Crippen LogP contribution in [0.15, 0.2) is 18.2 Å². The van der Waals surface area contributed by atoms with Gasteiger partial charge in [0.1, 0.15) is 0 Å². The highest BCUT2D eigenvalue weighted by molar-refractivity contribution is 5.44. The number of nitrogens with zero attached hydrogens (tertiary/aromatic N) is 1. The van der Waals surface area contributed by atoms with Gasteiger partial charge in [0.15, 0.2) is 11.5 Å². The summed E-state index contributed by atoms with van der Waals surface area (Å²) in [4.78, 5) is 2.48. The van der Waals surface area contributed by atoms with Gasteiger partial charge in [-0.05, 0) is 51.1 Å². The number of nitrogens with one attached hydrogen (secondary N) is 1. The van der Waals surface area contributed by atoms with E-state index in [0.29, 0.717) is 12.1 Å². The predicted molar refractivity (Wildman–Crippen MR) is 84.1 cm³/mol. The van der Waals surface area contributed by atoms with Crippen LogP contribution in [0.1, 0.15) is 37.8 Å². The molecule has 1 saturated heterocycles. The number of likely N-dealkylation sites (N-methyl/N-ethyl adjacent to an activating group) is 1. The van der Waals surface area contributed by atoms with Crippen molar-refractivity contribution in [2.24, 2.45) is 0 Å². The smallest absolute Gasteiger partial charge is 0.161 e. The fraction of sp³-hybridized carbons (Fsp3) is 0.647. The van der Waals surface area contributed by atoms with E-state index in [1.54, 1.807) is 0 Å². The minimum absolute atomic E-state index is 0.382. The number of benzene rings is 1. The number of fused-ring (bicyclic) bond motifs is 1. The highest BCUT2D eigenvalue weighted by Crippen LogP contribution is 2.34. The monoisotopic (exact) mass is 290 g/mol. The second-order valence-corrected chi connectivity index (χ2v) is 6.10. The first kappa shape index (κ1) is 14.7. The van der Waals surface area contributed by atoms with Crippen LogP contribution in [0.2, 0.25) is 0 Å². The zero-order chi connectivity index (χ0) is 14.7. The molecule has 0 aromatic heterocycles. The summed E-state index contributed by atoms with van der Waals surface area (Å²) in [6, 6.07) is 7.37. The Morgan fingerprint density at radius 2 is 2.00 bits per heavy atom. The molecule has 0 bridgehead atoms. The molecular weight excluding hydrogens is 264 g/mol. The van der Waals surface area contributed by atoms with Crippen molar-refractivity contribution >= 4 is 0 Å². The van der Waals surface area contributed by atoms with Crippen LogP contribution in [0, 0.1) is 0 Å². The maximum Gasteiger partial charge on any atom is 0.161 e. The standard InChI is InChI=1S/C17H26N2O2/c1-13(19(2)15-5-3-8-18-12-15)14-6-7-16-17(11-14)21-10-4-9-20-16/h6-7,11,13,15,18H,3-5,8-10,12H2,1-2H3. The molecule has 4 nitrogen and oxygen atoms in total. The topological polar surface area (TPSA) is 33.7 Å². The van der Waals surface area contributed by atoms with Gasteiger partial charge in [0, 0.05) is 25.0 Å². The first-order valence-electron chi connectivity index (χ1n) is 8.08. The highest BCUT2D eigenvalue weighted by atomic mass is 16.5. The fourth-order valence-electron chi connectivity index (χ4n) is 3.17. The molecule has 2 heterocycles. The Labute approximate surface area is 127 Å². The van der Waals surface area contributed by atoms with Gasteiger partial charge >= 0.3 is 0 Å². The van der Waals surface area contributed by atoms with Gasteiger partial charge in [0.05, 0.1) is 13.2 Å². The number of ether oxygens (including phenoxy) is 2. The van der Waals surface area contributed by atoms with Gasteiger partial charge in [0.2, 0.25) is 0 Å². The summed E-state index contributed by atoms with van der Waals surface area (Å²) >= 11 is 0. The van der Waals surface area contributed by atoms with Gasteiger partial charge in [0.25, 0.3) is 0 Å². The van der Waals surface area contributed by atoms with Gasteiger partial charge in [-0.2, -0.15) is 0 Å². The molecule has 0 saturated carbocycles. The van der Waals surface area contributed by atoms with Crippen molar-refractivity contribution < 1.29 is 9.47 Å². The lowest BCUT2D eigenvalue weighted by atomic mass is 10.0. The minimum Gasteiger partial charge on any atom is -0.490 e. The van der Waals surface area contributed by atoms with Crippen LogP contribution < -0.4 is 14.8 Å². The number of rotatable bonds is 3. The summed E-state index contributed by atoms with van der Waals surface area (Å²) in [5.74, 6) is 1.78.